The molecule has 0 aliphatic carbocycles. The Hall–Kier alpha value is -3.41. The molecule has 0 spiro atoms. The van der Waals surface area contributed by atoms with E-state index in [0.717, 1.165) is 4.90 Å². The molecule has 3 amide bonds. The van der Waals surface area contributed by atoms with Crippen LogP contribution in [-0.4, -0.2) is 29.5 Å². The highest BCUT2D eigenvalue weighted by Crippen LogP contribution is 2.28. The second-order valence-electron chi connectivity index (χ2n) is 4.46. The normalized spacial score (nSPS) is 17.9. The van der Waals surface area contributed by atoms with E-state index < -0.39 is 23.8 Å². The molecule has 0 radical (unpaired) electrons. The fourth-order valence-corrected chi connectivity index (χ4v) is 1.86. The number of nitrogens with one attached hydrogen (secondary N) is 3. The molecule has 1 unspecified atom stereocenters. The van der Waals surface area contributed by atoms with Crippen molar-refractivity contribution >= 4 is 34.9 Å². The van der Waals surface area contributed by atoms with Crippen molar-refractivity contribution in [2.45, 2.75) is 13.0 Å². The van der Waals surface area contributed by atoms with Gasteiger partial charge in [-0.05, 0) is 19.1 Å². The SMILES string of the molecule is CC1NC(=O)N(c2ccccc2N/N=C(\C#N)C(=N)N)C1=O. The van der Waals surface area contributed by atoms with Crippen molar-refractivity contribution in [2.24, 2.45) is 10.8 Å². The highest BCUT2D eigenvalue weighted by Gasteiger charge is 2.37. The molecule has 1 aromatic carbocycles. The van der Waals surface area contributed by atoms with Crippen molar-refractivity contribution < 1.29 is 9.59 Å². The zero-order valence-corrected chi connectivity index (χ0v) is 11.6. The second kappa shape index (κ2) is 5.92. The predicted molar refractivity (Wildman–Crippen MR) is 80.5 cm³/mol. The van der Waals surface area contributed by atoms with Crippen molar-refractivity contribution in [1.29, 1.82) is 10.7 Å². The Morgan fingerprint density at radius 1 is 1.50 bits per heavy atom. The van der Waals surface area contributed by atoms with Gasteiger partial charge in [0.25, 0.3) is 5.91 Å². The highest BCUT2D eigenvalue weighted by atomic mass is 16.2. The summed E-state index contributed by atoms with van der Waals surface area (Å²) in [4.78, 5) is 24.9. The third-order valence-corrected chi connectivity index (χ3v) is 2.93. The van der Waals surface area contributed by atoms with Gasteiger partial charge in [0.15, 0.2) is 5.84 Å². The maximum absolute atomic E-state index is 12.0. The highest BCUT2D eigenvalue weighted by molar-refractivity contribution is 6.45. The van der Waals surface area contributed by atoms with Crippen LogP contribution in [0.3, 0.4) is 0 Å². The summed E-state index contributed by atoms with van der Waals surface area (Å²) in [6, 6.07) is 6.98. The molecule has 1 heterocycles. The molecule has 1 aliphatic heterocycles. The number of hydrazone groups is 1. The fraction of sp³-hybridized carbons (Fsp3) is 0.154. The van der Waals surface area contributed by atoms with E-state index in [1.54, 1.807) is 37.3 Å². The summed E-state index contributed by atoms with van der Waals surface area (Å²) < 4.78 is 0. The average molecular weight is 299 g/mol. The van der Waals surface area contributed by atoms with Gasteiger partial charge >= 0.3 is 6.03 Å². The van der Waals surface area contributed by atoms with Gasteiger partial charge in [-0.3, -0.25) is 15.6 Å². The average Bonchev–Trinajstić information content (AvgIpc) is 2.73. The van der Waals surface area contributed by atoms with Crippen LogP contribution in [0.4, 0.5) is 16.2 Å². The molecule has 112 valence electrons. The van der Waals surface area contributed by atoms with Crippen molar-refractivity contribution in [1.82, 2.24) is 5.32 Å². The van der Waals surface area contributed by atoms with Crippen molar-refractivity contribution in [3.05, 3.63) is 24.3 Å². The van der Waals surface area contributed by atoms with Gasteiger partial charge in [0, 0.05) is 0 Å². The monoisotopic (exact) mass is 299 g/mol. The number of carbonyl (C=O) groups is 2. The van der Waals surface area contributed by atoms with E-state index in [4.69, 9.17) is 16.4 Å². The Morgan fingerprint density at radius 3 is 2.73 bits per heavy atom. The van der Waals surface area contributed by atoms with Crippen LogP contribution < -0.4 is 21.4 Å². The Morgan fingerprint density at radius 2 is 2.18 bits per heavy atom. The number of hydrogen-bond acceptors (Lipinski definition) is 6. The van der Waals surface area contributed by atoms with E-state index >= 15 is 0 Å². The van der Waals surface area contributed by atoms with Crippen LogP contribution >= 0.6 is 0 Å². The molecular formula is C13H13N7O2. The van der Waals surface area contributed by atoms with Crippen molar-refractivity contribution in [3.8, 4) is 6.07 Å². The van der Waals surface area contributed by atoms with Crippen LogP contribution in [0.1, 0.15) is 6.92 Å². The lowest BCUT2D eigenvalue weighted by Gasteiger charge is -2.16. The van der Waals surface area contributed by atoms with Crippen LogP contribution in [0.15, 0.2) is 29.4 Å². The summed E-state index contributed by atoms with van der Waals surface area (Å²) in [5.41, 5.74) is 8.06. The maximum atomic E-state index is 12.0. The second-order valence-corrected chi connectivity index (χ2v) is 4.46. The molecule has 9 nitrogen and oxygen atoms in total. The lowest BCUT2D eigenvalue weighted by atomic mass is 10.2. The van der Waals surface area contributed by atoms with Crippen LogP contribution in [-0.2, 0) is 4.79 Å². The first kappa shape index (κ1) is 15.0. The number of amidine groups is 1. The summed E-state index contributed by atoms with van der Waals surface area (Å²) in [6.07, 6.45) is 0. The molecule has 1 aromatic rings. The Balaban J connectivity index is 2.36. The number of nitriles is 1. The van der Waals surface area contributed by atoms with Gasteiger partial charge in [0.1, 0.15) is 12.1 Å². The Kier molecular flexibility index (Phi) is 4.04. The number of carbonyl (C=O) groups excluding carboxylic acids is 2. The van der Waals surface area contributed by atoms with E-state index in [1.165, 1.54) is 0 Å². The topological polar surface area (TPSA) is 147 Å². The van der Waals surface area contributed by atoms with E-state index in [0.29, 0.717) is 11.4 Å². The summed E-state index contributed by atoms with van der Waals surface area (Å²) in [5, 5.41) is 22.2. The van der Waals surface area contributed by atoms with Crippen LogP contribution in [0.5, 0.6) is 0 Å². The van der Waals surface area contributed by atoms with Crippen LogP contribution in [0, 0.1) is 16.7 Å². The quantitative estimate of drug-likeness (QED) is 0.274. The van der Waals surface area contributed by atoms with Gasteiger partial charge in [-0.2, -0.15) is 10.4 Å². The van der Waals surface area contributed by atoms with Crippen LogP contribution in [0.2, 0.25) is 0 Å². The molecule has 1 fully saturated rings. The molecule has 9 heteroatoms. The maximum Gasteiger partial charge on any atom is 0.329 e. The van der Waals surface area contributed by atoms with Crippen molar-refractivity contribution in [2.75, 3.05) is 10.3 Å². The van der Waals surface area contributed by atoms with E-state index in [-0.39, 0.29) is 5.71 Å². The first-order valence-corrected chi connectivity index (χ1v) is 6.27. The number of para-hydroxylation sites is 2. The number of benzene rings is 1. The van der Waals surface area contributed by atoms with Gasteiger partial charge in [-0.15, -0.1) is 0 Å². The first-order valence-electron chi connectivity index (χ1n) is 6.27. The lowest BCUT2D eigenvalue weighted by molar-refractivity contribution is -0.117. The number of urea groups is 1. The molecule has 5 N–H and O–H groups in total. The smallest absolute Gasteiger partial charge is 0.329 e. The fourth-order valence-electron chi connectivity index (χ4n) is 1.86. The molecule has 0 aromatic heterocycles. The summed E-state index contributed by atoms with van der Waals surface area (Å²) >= 11 is 0. The number of hydrogen-bond donors (Lipinski definition) is 4. The largest absolute Gasteiger partial charge is 0.382 e. The minimum absolute atomic E-state index is 0.291. The molecule has 1 saturated heterocycles. The Bertz CT molecular complexity index is 719. The minimum Gasteiger partial charge on any atom is -0.382 e. The van der Waals surface area contributed by atoms with E-state index in [2.05, 4.69) is 15.8 Å². The zero-order valence-electron chi connectivity index (χ0n) is 11.6. The number of imide groups is 1. The number of rotatable bonds is 4. The standard InChI is InChI=1S/C13H13N7O2/c1-7-12(21)20(13(22)17-7)10-5-3-2-4-8(10)18-19-9(6-14)11(15)16/h2-5,7,18H,1H3,(H3,15,16)(H,17,22)/b19-9+. The molecule has 22 heavy (non-hydrogen) atoms. The van der Waals surface area contributed by atoms with Gasteiger partial charge < -0.3 is 11.1 Å². The van der Waals surface area contributed by atoms with Crippen molar-refractivity contribution in [3.63, 3.8) is 0 Å². The summed E-state index contributed by atoms with van der Waals surface area (Å²) in [5.74, 6) is -0.883. The van der Waals surface area contributed by atoms with E-state index in [9.17, 15) is 9.59 Å². The third kappa shape index (κ3) is 2.71. The van der Waals surface area contributed by atoms with E-state index in [1.807, 2.05) is 0 Å². The van der Waals surface area contributed by atoms with Gasteiger partial charge in [0.2, 0.25) is 5.71 Å². The molecule has 0 bridgehead atoms. The predicted octanol–water partition coefficient (Wildman–Crippen LogP) is 0.359. The van der Waals surface area contributed by atoms with Gasteiger partial charge in [-0.1, -0.05) is 12.1 Å². The molecule has 0 saturated carbocycles. The zero-order chi connectivity index (χ0) is 16.3. The van der Waals surface area contributed by atoms with Gasteiger partial charge in [-0.25, -0.2) is 9.69 Å². The first-order chi connectivity index (χ1) is 10.5. The summed E-state index contributed by atoms with van der Waals surface area (Å²) in [6.45, 7) is 1.58. The van der Waals surface area contributed by atoms with Gasteiger partial charge in [0.05, 0.1) is 11.4 Å². The number of nitrogens with two attached hydrogens (primary N) is 1. The number of nitrogens with zero attached hydrogens (tertiary/aromatic N) is 3. The molecular weight excluding hydrogens is 286 g/mol. The lowest BCUT2D eigenvalue weighted by Crippen LogP contribution is -2.31. The minimum atomic E-state index is -0.615. The molecule has 2 rings (SSSR count). The third-order valence-electron chi connectivity index (χ3n) is 2.93. The number of amides is 3. The molecule has 1 atom stereocenters. The van der Waals surface area contributed by atoms with Crippen LogP contribution in [0.25, 0.3) is 0 Å². The number of anilines is 2. The molecule has 1 aliphatic rings. The Labute approximate surface area is 125 Å². The summed E-state index contributed by atoms with van der Waals surface area (Å²) in [7, 11) is 0.